The molecule has 0 atom stereocenters. The summed E-state index contributed by atoms with van der Waals surface area (Å²) in [5.74, 6) is 0. The van der Waals surface area contributed by atoms with E-state index in [1.807, 2.05) is 30.3 Å². The minimum Gasteiger partial charge on any atom is -0.289 e. The van der Waals surface area contributed by atoms with Crippen molar-refractivity contribution < 1.29 is 4.18 Å². The van der Waals surface area contributed by atoms with Gasteiger partial charge in [0.25, 0.3) is 0 Å². The van der Waals surface area contributed by atoms with Gasteiger partial charge in [0.15, 0.2) is 0 Å². The van der Waals surface area contributed by atoms with Gasteiger partial charge in [0.1, 0.15) is 18.8 Å². The van der Waals surface area contributed by atoms with E-state index in [1.54, 1.807) is 0 Å². The highest BCUT2D eigenvalue weighted by Crippen LogP contribution is 2.16. The molecule has 1 aromatic rings. The highest BCUT2D eigenvalue weighted by molar-refractivity contribution is 7.93. The minimum atomic E-state index is 0.620. The van der Waals surface area contributed by atoms with Crippen LogP contribution in [0.25, 0.3) is 0 Å². The maximum Gasteiger partial charge on any atom is 0.137 e. The molecular weight excluding hydrogens is 158 g/mol. The Morgan fingerprint density at radius 1 is 1.27 bits per heavy atom. The largest absolute Gasteiger partial charge is 0.289 e. The van der Waals surface area contributed by atoms with Gasteiger partial charge in [-0.05, 0) is 5.56 Å². The predicted octanol–water partition coefficient (Wildman–Crippen LogP) is 2.07. The third kappa shape index (κ3) is 1.44. The summed E-state index contributed by atoms with van der Waals surface area (Å²) in [6.07, 6.45) is 0. The molecule has 0 saturated heterocycles. The molecule has 0 N–H and O–H groups in total. The molecule has 0 spiro atoms. The Kier molecular flexibility index (Phi) is 1.92. The summed E-state index contributed by atoms with van der Waals surface area (Å²) < 4.78 is 9.14. The fourth-order valence-corrected chi connectivity index (χ4v) is 1.41. The van der Waals surface area contributed by atoms with Crippen molar-refractivity contribution in [3.8, 4) is 0 Å². The zero-order chi connectivity index (χ0) is 7.52. The van der Waals surface area contributed by atoms with E-state index in [2.05, 4.69) is 4.40 Å². The molecule has 0 aliphatic carbocycles. The molecule has 2 nitrogen and oxygen atoms in total. The van der Waals surface area contributed by atoms with Gasteiger partial charge in [-0.2, -0.15) is 4.40 Å². The van der Waals surface area contributed by atoms with Crippen molar-refractivity contribution in [2.75, 3.05) is 6.61 Å². The Labute approximate surface area is 69.6 Å². The highest BCUT2D eigenvalue weighted by atomic mass is 32.2. The molecule has 1 aliphatic heterocycles. The van der Waals surface area contributed by atoms with Crippen LogP contribution in [0.5, 0.6) is 0 Å². The summed E-state index contributed by atoms with van der Waals surface area (Å²) in [6.45, 7) is 0.620. The standard InChI is InChI=1S/C8H7NOS/c1-2-4-7(5-3-1)8-6-10-11-9-8/h1-5H,6H2. The van der Waals surface area contributed by atoms with Crippen LogP contribution in [-0.4, -0.2) is 12.3 Å². The van der Waals surface area contributed by atoms with Gasteiger partial charge in [0.2, 0.25) is 0 Å². The number of benzene rings is 1. The van der Waals surface area contributed by atoms with Gasteiger partial charge >= 0.3 is 0 Å². The van der Waals surface area contributed by atoms with Crippen molar-refractivity contribution in [1.82, 2.24) is 0 Å². The van der Waals surface area contributed by atoms with Crippen molar-refractivity contribution in [3.05, 3.63) is 35.9 Å². The summed E-state index contributed by atoms with van der Waals surface area (Å²) in [4.78, 5) is 0. The van der Waals surface area contributed by atoms with E-state index in [-0.39, 0.29) is 0 Å². The Balaban J connectivity index is 2.29. The lowest BCUT2D eigenvalue weighted by molar-refractivity contribution is 0.457. The highest BCUT2D eigenvalue weighted by Gasteiger charge is 2.08. The number of hydrogen-bond acceptors (Lipinski definition) is 3. The number of rotatable bonds is 1. The average molecular weight is 165 g/mol. The Bertz CT molecular complexity index is 271. The summed E-state index contributed by atoms with van der Waals surface area (Å²) in [5, 5.41) is 0. The number of hydrogen-bond donors (Lipinski definition) is 0. The molecule has 0 aromatic heterocycles. The van der Waals surface area contributed by atoms with Gasteiger partial charge in [-0.3, -0.25) is 4.18 Å². The first-order valence-corrected chi connectivity index (χ1v) is 4.07. The third-order valence-corrected chi connectivity index (χ3v) is 2.02. The lowest BCUT2D eigenvalue weighted by atomic mass is 10.1. The Morgan fingerprint density at radius 2 is 2.09 bits per heavy atom. The van der Waals surface area contributed by atoms with E-state index >= 15 is 0 Å². The van der Waals surface area contributed by atoms with Crippen molar-refractivity contribution in [3.63, 3.8) is 0 Å². The van der Waals surface area contributed by atoms with Crippen LogP contribution in [0.3, 0.4) is 0 Å². The van der Waals surface area contributed by atoms with E-state index < -0.39 is 0 Å². The van der Waals surface area contributed by atoms with Gasteiger partial charge in [0.05, 0.1) is 5.71 Å². The lowest BCUT2D eigenvalue weighted by Crippen LogP contribution is -2.01. The summed E-state index contributed by atoms with van der Waals surface area (Å²) in [5.41, 5.74) is 2.17. The molecule has 56 valence electrons. The predicted molar refractivity (Wildman–Crippen MR) is 46.5 cm³/mol. The molecule has 1 aliphatic rings. The van der Waals surface area contributed by atoms with E-state index in [4.69, 9.17) is 4.18 Å². The minimum absolute atomic E-state index is 0.620. The summed E-state index contributed by atoms with van der Waals surface area (Å²) in [7, 11) is 0. The van der Waals surface area contributed by atoms with Crippen LogP contribution >= 0.6 is 12.2 Å². The van der Waals surface area contributed by atoms with Crippen LogP contribution in [0.1, 0.15) is 5.56 Å². The zero-order valence-electron chi connectivity index (χ0n) is 5.86. The first-order chi connectivity index (χ1) is 5.47. The Morgan fingerprint density at radius 3 is 2.73 bits per heavy atom. The van der Waals surface area contributed by atoms with Crippen LogP contribution < -0.4 is 0 Å². The second-order valence-corrected chi connectivity index (χ2v) is 2.81. The van der Waals surface area contributed by atoms with Crippen molar-refractivity contribution in [1.29, 1.82) is 0 Å². The van der Waals surface area contributed by atoms with Crippen LogP contribution in [0.15, 0.2) is 34.7 Å². The first kappa shape index (κ1) is 6.88. The SMILES string of the molecule is c1ccc(C2=NSOC2)cc1. The third-order valence-electron chi connectivity index (χ3n) is 1.50. The van der Waals surface area contributed by atoms with Crippen molar-refractivity contribution in [2.45, 2.75) is 0 Å². The van der Waals surface area contributed by atoms with E-state index in [0.717, 1.165) is 23.5 Å². The van der Waals surface area contributed by atoms with E-state index in [0.29, 0.717) is 6.61 Å². The quantitative estimate of drug-likeness (QED) is 0.469. The summed E-state index contributed by atoms with van der Waals surface area (Å²) in [6, 6.07) is 10.1. The summed E-state index contributed by atoms with van der Waals surface area (Å²) >= 11 is 1.16. The molecular formula is C8H7NOS. The zero-order valence-corrected chi connectivity index (χ0v) is 6.67. The van der Waals surface area contributed by atoms with E-state index in [1.165, 1.54) is 0 Å². The fourth-order valence-electron chi connectivity index (χ4n) is 0.946. The van der Waals surface area contributed by atoms with E-state index in [9.17, 15) is 0 Å². The molecule has 0 saturated carbocycles. The fraction of sp³-hybridized carbons (Fsp3) is 0.125. The number of nitrogens with zero attached hydrogens (tertiary/aromatic N) is 1. The molecule has 11 heavy (non-hydrogen) atoms. The maximum atomic E-state index is 5.02. The van der Waals surface area contributed by atoms with Gasteiger partial charge < -0.3 is 0 Å². The molecule has 0 radical (unpaired) electrons. The second-order valence-electron chi connectivity index (χ2n) is 2.24. The molecule has 2 rings (SSSR count). The van der Waals surface area contributed by atoms with Gasteiger partial charge in [-0.15, -0.1) is 0 Å². The Hall–Kier alpha value is -0.800. The normalized spacial score (nSPS) is 16.5. The topological polar surface area (TPSA) is 21.6 Å². The van der Waals surface area contributed by atoms with Gasteiger partial charge in [0, 0.05) is 0 Å². The van der Waals surface area contributed by atoms with Crippen LogP contribution in [0.4, 0.5) is 0 Å². The smallest absolute Gasteiger partial charge is 0.137 e. The average Bonchev–Trinajstić information content (AvgIpc) is 2.58. The molecule has 1 heterocycles. The molecule has 1 aromatic carbocycles. The molecule has 0 unspecified atom stereocenters. The van der Waals surface area contributed by atoms with Crippen LogP contribution in [0.2, 0.25) is 0 Å². The maximum absolute atomic E-state index is 5.02. The monoisotopic (exact) mass is 165 g/mol. The van der Waals surface area contributed by atoms with Gasteiger partial charge in [-0.25, -0.2) is 0 Å². The van der Waals surface area contributed by atoms with Crippen LogP contribution in [-0.2, 0) is 4.18 Å². The molecule has 3 heteroatoms. The second kappa shape index (κ2) is 3.07. The van der Waals surface area contributed by atoms with Crippen molar-refractivity contribution >= 4 is 17.9 Å². The lowest BCUT2D eigenvalue weighted by Gasteiger charge is -1.95. The molecule has 0 amide bonds. The van der Waals surface area contributed by atoms with Crippen molar-refractivity contribution in [2.24, 2.45) is 4.40 Å². The first-order valence-electron chi connectivity index (χ1n) is 3.38. The molecule has 0 bridgehead atoms. The van der Waals surface area contributed by atoms with Gasteiger partial charge in [-0.1, -0.05) is 30.3 Å². The van der Waals surface area contributed by atoms with Crippen LogP contribution in [0, 0.1) is 0 Å². The molecule has 0 fully saturated rings.